The van der Waals surface area contributed by atoms with E-state index in [9.17, 15) is 9.59 Å². The molecule has 1 rings (SSSR count). The third-order valence-electron chi connectivity index (χ3n) is 2.47. The van der Waals surface area contributed by atoms with Crippen molar-refractivity contribution in [1.29, 1.82) is 0 Å². The monoisotopic (exact) mass is 185 g/mol. The number of hydrogen-bond donors (Lipinski definition) is 2. The zero-order valence-electron chi connectivity index (χ0n) is 7.75. The maximum absolute atomic E-state index is 11.0. The molecule has 0 heterocycles. The molecule has 2 N–H and O–H groups in total. The first-order valence-corrected chi connectivity index (χ1v) is 4.65. The minimum absolute atomic E-state index is 0.0102. The van der Waals surface area contributed by atoms with Crippen molar-refractivity contribution in [1.82, 2.24) is 5.32 Å². The second-order valence-corrected chi connectivity index (χ2v) is 3.47. The third-order valence-corrected chi connectivity index (χ3v) is 2.47. The van der Waals surface area contributed by atoms with Crippen LogP contribution in [-0.2, 0) is 9.59 Å². The van der Waals surface area contributed by atoms with E-state index in [4.69, 9.17) is 5.11 Å². The topological polar surface area (TPSA) is 66.4 Å². The van der Waals surface area contributed by atoms with Crippen LogP contribution in [0.1, 0.15) is 32.6 Å². The van der Waals surface area contributed by atoms with Gasteiger partial charge in [-0.2, -0.15) is 0 Å². The molecule has 1 aliphatic rings. The molecule has 0 aromatic carbocycles. The zero-order valence-corrected chi connectivity index (χ0v) is 7.75. The fourth-order valence-corrected chi connectivity index (χ4v) is 1.67. The zero-order chi connectivity index (χ0) is 9.84. The van der Waals surface area contributed by atoms with Crippen LogP contribution in [0.4, 0.5) is 0 Å². The van der Waals surface area contributed by atoms with E-state index in [0.717, 1.165) is 6.42 Å². The first-order valence-electron chi connectivity index (χ1n) is 4.65. The number of carboxylic acids is 1. The van der Waals surface area contributed by atoms with Gasteiger partial charge in [0.2, 0.25) is 5.91 Å². The number of hydrogen-bond acceptors (Lipinski definition) is 2. The van der Waals surface area contributed by atoms with Gasteiger partial charge in [0.05, 0.1) is 5.92 Å². The highest BCUT2D eigenvalue weighted by Gasteiger charge is 2.29. The summed E-state index contributed by atoms with van der Waals surface area (Å²) in [5.41, 5.74) is 0. The van der Waals surface area contributed by atoms with Crippen LogP contribution < -0.4 is 5.32 Å². The highest BCUT2D eigenvalue weighted by molar-refractivity contribution is 5.76. The predicted molar refractivity (Wildman–Crippen MR) is 47.2 cm³/mol. The number of carboxylic acid groups (broad SMARTS) is 1. The predicted octanol–water partition coefficient (Wildman–Crippen LogP) is 0.766. The van der Waals surface area contributed by atoms with Crippen molar-refractivity contribution in [2.45, 2.75) is 38.6 Å². The molecule has 74 valence electrons. The van der Waals surface area contributed by atoms with Crippen molar-refractivity contribution in [2.75, 3.05) is 0 Å². The molecule has 1 fully saturated rings. The molecule has 1 aliphatic carbocycles. The highest BCUT2D eigenvalue weighted by atomic mass is 16.4. The van der Waals surface area contributed by atoms with Gasteiger partial charge in [-0.25, -0.2) is 0 Å². The third kappa shape index (κ3) is 2.72. The molecule has 0 radical (unpaired) electrons. The number of carbonyl (C=O) groups is 2. The summed E-state index contributed by atoms with van der Waals surface area (Å²) in [7, 11) is 0. The average Bonchev–Trinajstić information content (AvgIpc) is 2.52. The van der Waals surface area contributed by atoms with Crippen LogP contribution in [0.2, 0.25) is 0 Å². The molecule has 4 heteroatoms. The molecule has 1 amide bonds. The van der Waals surface area contributed by atoms with E-state index in [-0.39, 0.29) is 17.9 Å². The van der Waals surface area contributed by atoms with Crippen molar-refractivity contribution >= 4 is 11.9 Å². The molecule has 0 unspecified atom stereocenters. The summed E-state index contributed by atoms with van der Waals surface area (Å²) in [5, 5.41) is 11.5. The van der Waals surface area contributed by atoms with Gasteiger partial charge < -0.3 is 10.4 Å². The molecular weight excluding hydrogens is 170 g/mol. The van der Waals surface area contributed by atoms with Crippen molar-refractivity contribution in [2.24, 2.45) is 5.92 Å². The Hall–Kier alpha value is -1.06. The average molecular weight is 185 g/mol. The Balaban J connectivity index is 2.33. The van der Waals surface area contributed by atoms with Gasteiger partial charge in [-0.05, 0) is 19.3 Å². The van der Waals surface area contributed by atoms with Gasteiger partial charge in [-0.3, -0.25) is 9.59 Å². The lowest BCUT2D eigenvalue weighted by Gasteiger charge is -2.10. The summed E-state index contributed by atoms with van der Waals surface area (Å²) >= 11 is 0. The van der Waals surface area contributed by atoms with Crippen molar-refractivity contribution in [3.63, 3.8) is 0 Å². The lowest BCUT2D eigenvalue weighted by atomic mass is 10.1. The Bertz CT molecular complexity index is 215. The maximum Gasteiger partial charge on any atom is 0.306 e. The first kappa shape index (κ1) is 10.0. The van der Waals surface area contributed by atoms with E-state index in [1.807, 2.05) is 0 Å². The number of carbonyl (C=O) groups excluding carboxylic acids is 1. The van der Waals surface area contributed by atoms with Crippen LogP contribution in [0.25, 0.3) is 0 Å². The molecule has 2 atom stereocenters. The minimum atomic E-state index is -0.742. The SMILES string of the molecule is CCC(=O)N[C@H]1CC[C@@H](C(=O)O)C1. The fraction of sp³-hybridized carbons (Fsp3) is 0.778. The van der Waals surface area contributed by atoms with Crippen LogP contribution in [0.15, 0.2) is 0 Å². The van der Waals surface area contributed by atoms with Gasteiger partial charge in [0.15, 0.2) is 0 Å². The Morgan fingerprint density at radius 2 is 2.15 bits per heavy atom. The maximum atomic E-state index is 11.0. The van der Waals surface area contributed by atoms with Gasteiger partial charge in [-0.1, -0.05) is 6.92 Å². The van der Waals surface area contributed by atoms with Crippen LogP contribution in [0.5, 0.6) is 0 Å². The molecule has 0 bridgehead atoms. The molecule has 0 spiro atoms. The molecular formula is C9H15NO3. The van der Waals surface area contributed by atoms with Crippen molar-refractivity contribution < 1.29 is 14.7 Å². The largest absolute Gasteiger partial charge is 0.481 e. The standard InChI is InChI=1S/C9H15NO3/c1-2-8(11)10-7-4-3-6(5-7)9(12)13/h6-7H,2-5H2,1H3,(H,10,11)(H,12,13)/t6-,7+/m1/s1. The molecule has 1 saturated carbocycles. The molecule has 13 heavy (non-hydrogen) atoms. The normalized spacial score (nSPS) is 27.2. The number of aliphatic carboxylic acids is 1. The second-order valence-electron chi connectivity index (χ2n) is 3.47. The van der Waals surface area contributed by atoms with E-state index in [2.05, 4.69) is 5.32 Å². The second kappa shape index (κ2) is 4.25. The number of nitrogens with one attached hydrogen (secondary N) is 1. The summed E-state index contributed by atoms with van der Waals surface area (Å²) < 4.78 is 0. The van der Waals surface area contributed by atoms with Crippen LogP contribution in [0, 0.1) is 5.92 Å². The Kier molecular flexibility index (Phi) is 3.28. The number of rotatable bonds is 3. The van der Waals surface area contributed by atoms with Crippen molar-refractivity contribution in [3.8, 4) is 0 Å². The lowest BCUT2D eigenvalue weighted by Crippen LogP contribution is -2.32. The van der Waals surface area contributed by atoms with Gasteiger partial charge in [0.1, 0.15) is 0 Å². The Morgan fingerprint density at radius 1 is 1.46 bits per heavy atom. The van der Waals surface area contributed by atoms with Crippen LogP contribution in [0.3, 0.4) is 0 Å². The number of amides is 1. The van der Waals surface area contributed by atoms with Gasteiger partial charge in [0.25, 0.3) is 0 Å². The molecule has 4 nitrogen and oxygen atoms in total. The summed E-state index contributed by atoms with van der Waals surface area (Å²) in [4.78, 5) is 21.6. The summed E-state index contributed by atoms with van der Waals surface area (Å²) in [6.07, 6.45) is 2.53. The van der Waals surface area contributed by atoms with Gasteiger partial charge in [0, 0.05) is 12.5 Å². The van der Waals surface area contributed by atoms with Gasteiger partial charge in [-0.15, -0.1) is 0 Å². The Morgan fingerprint density at radius 3 is 2.62 bits per heavy atom. The molecule has 0 aliphatic heterocycles. The van der Waals surface area contributed by atoms with Crippen LogP contribution in [-0.4, -0.2) is 23.0 Å². The molecule has 0 aromatic rings. The fourth-order valence-electron chi connectivity index (χ4n) is 1.67. The van der Waals surface area contributed by atoms with E-state index in [1.165, 1.54) is 0 Å². The highest BCUT2D eigenvalue weighted by Crippen LogP contribution is 2.25. The Labute approximate surface area is 77.3 Å². The first-order chi connectivity index (χ1) is 6.13. The van der Waals surface area contributed by atoms with E-state index in [1.54, 1.807) is 6.92 Å². The smallest absolute Gasteiger partial charge is 0.306 e. The lowest BCUT2D eigenvalue weighted by molar-refractivity contribution is -0.141. The van der Waals surface area contributed by atoms with E-state index in [0.29, 0.717) is 19.3 Å². The van der Waals surface area contributed by atoms with Crippen molar-refractivity contribution in [3.05, 3.63) is 0 Å². The summed E-state index contributed by atoms with van der Waals surface area (Å²) in [6.45, 7) is 1.79. The quantitative estimate of drug-likeness (QED) is 0.682. The van der Waals surface area contributed by atoms with E-state index < -0.39 is 5.97 Å². The van der Waals surface area contributed by atoms with Gasteiger partial charge >= 0.3 is 5.97 Å². The van der Waals surface area contributed by atoms with Crippen LogP contribution >= 0.6 is 0 Å². The summed E-state index contributed by atoms with van der Waals surface area (Å²) in [6, 6.07) is 0.0774. The minimum Gasteiger partial charge on any atom is -0.481 e. The summed E-state index contributed by atoms with van der Waals surface area (Å²) in [5.74, 6) is -0.994. The molecule has 0 saturated heterocycles. The van der Waals surface area contributed by atoms with E-state index >= 15 is 0 Å². The molecule has 0 aromatic heterocycles.